The van der Waals surface area contributed by atoms with E-state index in [1.54, 1.807) is 11.0 Å². The molecule has 1 aromatic heterocycles. The average molecular weight is 285 g/mol. The van der Waals surface area contributed by atoms with Crippen molar-refractivity contribution in [3.05, 3.63) is 36.2 Å². The highest BCUT2D eigenvalue weighted by Crippen LogP contribution is 2.18. The fourth-order valence-corrected chi connectivity index (χ4v) is 2.40. The first-order chi connectivity index (χ1) is 10.1. The molecule has 1 saturated heterocycles. The number of carbonyl (C=O) groups excluding carboxylic acids is 2. The number of benzene rings is 1. The Bertz CT molecular complexity index is 687. The summed E-state index contributed by atoms with van der Waals surface area (Å²) in [4.78, 5) is 29.0. The Morgan fingerprint density at radius 3 is 2.90 bits per heavy atom. The molecule has 0 radical (unpaired) electrons. The van der Waals surface area contributed by atoms with Crippen LogP contribution < -0.4 is 5.73 Å². The van der Waals surface area contributed by atoms with E-state index in [0.29, 0.717) is 31.0 Å². The number of carbonyl (C=O) groups is 2. The van der Waals surface area contributed by atoms with Gasteiger partial charge in [-0.25, -0.2) is 4.98 Å². The van der Waals surface area contributed by atoms with Crippen molar-refractivity contribution in [1.82, 2.24) is 9.88 Å². The van der Waals surface area contributed by atoms with E-state index in [4.69, 9.17) is 10.2 Å². The molecule has 2 amide bonds. The van der Waals surface area contributed by atoms with E-state index >= 15 is 0 Å². The smallest absolute Gasteiger partial charge is 0.246 e. The summed E-state index contributed by atoms with van der Waals surface area (Å²) in [5.41, 5.74) is 6.68. The van der Waals surface area contributed by atoms with Gasteiger partial charge in [-0.1, -0.05) is 12.1 Å². The molecule has 0 aliphatic carbocycles. The predicted octanol–water partition coefficient (Wildman–Crippen LogP) is 1.17. The van der Waals surface area contributed by atoms with Crippen LogP contribution in [0.2, 0.25) is 0 Å². The summed E-state index contributed by atoms with van der Waals surface area (Å²) in [5, 5.41) is 0. The SMILES string of the molecule is NC(=O)C1CCN(C(=O)/C=C/c2nc3ccccc3o2)C1. The van der Waals surface area contributed by atoms with E-state index in [9.17, 15) is 9.59 Å². The molecule has 1 aromatic carbocycles. The minimum atomic E-state index is -0.353. The van der Waals surface area contributed by atoms with Crippen molar-refractivity contribution in [2.24, 2.45) is 11.7 Å². The van der Waals surface area contributed by atoms with Crippen molar-refractivity contribution in [2.75, 3.05) is 13.1 Å². The minimum absolute atomic E-state index is 0.166. The maximum Gasteiger partial charge on any atom is 0.246 e. The lowest BCUT2D eigenvalue weighted by atomic mass is 10.1. The Morgan fingerprint density at radius 2 is 2.19 bits per heavy atom. The van der Waals surface area contributed by atoms with Crippen molar-refractivity contribution in [1.29, 1.82) is 0 Å². The number of hydrogen-bond acceptors (Lipinski definition) is 4. The Labute approximate surface area is 121 Å². The molecule has 2 N–H and O–H groups in total. The van der Waals surface area contributed by atoms with Crippen LogP contribution in [0.4, 0.5) is 0 Å². The van der Waals surface area contributed by atoms with Gasteiger partial charge in [0.2, 0.25) is 17.7 Å². The topological polar surface area (TPSA) is 89.4 Å². The number of nitrogens with zero attached hydrogens (tertiary/aromatic N) is 2. The zero-order chi connectivity index (χ0) is 14.8. The summed E-state index contributed by atoms with van der Waals surface area (Å²) < 4.78 is 5.50. The van der Waals surface area contributed by atoms with Gasteiger partial charge < -0.3 is 15.1 Å². The fourth-order valence-electron chi connectivity index (χ4n) is 2.40. The molecule has 2 heterocycles. The van der Waals surface area contributed by atoms with Crippen LogP contribution in [-0.2, 0) is 9.59 Å². The van der Waals surface area contributed by atoms with Gasteiger partial charge in [0.05, 0.1) is 5.92 Å². The molecule has 6 heteroatoms. The first kappa shape index (κ1) is 13.4. The van der Waals surface area contributed by atoms with Crippen molar-refractivity contribution in [2.45, 2.75) is 6.42 Å². The summed E-state index contributed by atoms with van der Waals surface area (Å²) in [6.07, 6.45) is 3.58. The normalized spacial score (nSPS) is 18.7. The number of likely N-dealkylation sites (tertiary alicyclic amines) is 1. The molecule has 1 atom stereocenters. The highest BCUT2D eigenvalue weighted by Gasteiger charge is 2.28. The largest absolute Gasteiger partial charge is 0.437 e. The van der Waals surface area contributed by atoms with Gasteiger partial charge in [-0.2, -0.15) is 0 Å². The van der Waals surface area contributed by atoms with E-state index < -0.39 is 0 Å². The Hall–Kier alpha value is -2.63. The van der Waals surface area contributed by atoms with Gasteiger partial charge in [0.25, 0.3) is 0 Å². The molecule has 2 aromatic rings. The summed E-state index contributed by atoms with van der Waals surface area (Å²) in [5.74, 6) is -0.379. The van der Waals surface area contributed by atoms with Gasteiger partial charge >= 0.3 is 0 Å². The Balaban J connectivity index is 1.68. The predicted molar refractivity (Wildman–Crippen MR) is 76.9 cm³/mol. The maximum atomic E-state index is 12.0. The molecule has 1 aliphatic heterocycles. The van der Waals surface area contributed by atoms with Crippen LogP contribution in [0.3, 0.4) is 0 Å². The minimum Gasteiger partial charge on any atom is -0.437 e. The molecule has 1 fully saturated rings. The van der Waals surface area contributed by atoms with E-state index in [2.05, 4.69) is 4.98 Å². The van der Waals surface area contributed by atoms with Gasteiger partial charge in [0, 0.05) is 25.2 Å². The second kappa shape index (κ2) is 5.40. The van der Waals surface area contributed by atoms with Crippen LogP contribution in [-0.4, -0.2) is 34.8 Å². The molecule has 0 spiro atoms. The van der Waals surface area contributed by atoms with Crippen molar-refractivity contribution >= 4 is 29.0 Å². The third-order valence-corrected chi connectivity index (χ3v) is 3.58. The van der Waals surface area contributed by atoms with Gasteiger partial charge in [0.1, 0.15) is 5.52 Å². The number of nitrogens with two attached hydrogens (primary N) is 1. The van der Waals surface area contributed by atoms with E-state index in [1.165, 1.54) is 6.08 Å². The van der Waals surface area contributed by atoms with Crippen LogP contribution in [0.5, 0.6) is 0 Å². The summed E-state index contributed by atoms with van der Waals surface area (Å²) in [6.45, 7) is 0.927. The van der Waals surface area contributed by atoms with Gasteiger partial charge in [-0.05, 0) is 18.6 Å². The number of aromatic nitrogens is 1. The number of primary amides is 1. The number of rotatable bonds is 3. The van der Waals surface area contributed by atoms with Crippen LogP contribution in [0, 0.1) is 5.92 Å². The number of fused-ring (bicyclic) bond motifs is 1. The zero-order valence-corrected chi connectivity index (χ0v) is 11.4. The third-order valence-electron chi connectivity index (χ3n) is 3.58. The molecule has 1 unspecified atom stereocenters. The van der Waals surface area contributed by atoms with Crippen molar-refractivity contribution in [3.8, 4) is 0 Å². The van der Waals surface area contributed by atoms with E-state index in [-0.39, 0.29) is 17.7 Å². The molecule has 0 bridgehead atoms. The van der Waals surface area contributed by atoms with E-state index in [1.807, 2.05) is 24.3 Å². The number of hydrogen-bond donors (Lipinski definition) is 1. The first-order valence-corrected chi connectivity index (χ1v) is 6.75. The number of para-hydroxylation sites is 2. The van der Waals surface area contributed by atoms with Gasteiger partial charge in [-0.15, -0.1) is 0 Å². The molecule has 108 valence electrons. The quantitative estimate of drug-likeness (QED) is 0.857. The Morgan fingerprint density at radius 1 is 1.38 bits per heavy atom. The van der Waals surface area contributed by atoms with Crippen molar-refractivity contribution in [3.63, 3.8) is 0 Å². The van der Waals surface area contributed by atoms with Crippen LogP contribution in [0.15, 0.2) is 34.8 Å². The van der Waals surface area contributed by atoms with Crippen LogP contribution >= 0.6 is 0 Å². The molecule has 1 aliphatic rings. The fraction of sp³-hybridized carbons (Fsp3) is 0.267. The average Bonchev–Trinajstić information content (AvgIpc) is 3.11. The second-order valence-corrected chi connectivity index (χ2v) is 5.03. The molecular weight excluding hydrogens is 270 g/mol. The molecule has 6 nitrogen and oxygen atoms in total. The number of amides is 2. The van der Waals surface area contributed by atoms with Gasteiger partial charge in [-0.3, -0.25) is 9.59 Å². The maximum absolute atomic E-state index is 12.0. The van der Waals surface area contributed by atoms with E-state index in [0.717, 1.165) is 5.52 Å². The van der Waals surface area contributed by atoms with Crippen LogP contribution in [0.25, 0.3) is 17.2 Å². The molecule has 21 heavy (non-hydrogen) atoms. The zero-order valence-electron chi connectivity index (χ0n) is 11.4. The first-order valence-electron chi connectivity index (χ1n) is 6.75. The summed E-state index contributed by atoms with van der Waals surface area (Å²) >= 11 is 0. The second-order valence-electron chi connectivity index (χ2n) is 5.03. The number of oxazole rings is 1. The van der Waals surface area contributed by atoms with Crippen molar-refractivity contribution < 1.29 is 14.0 Å². The highest BCUT2D eigenvalue weighted by atomic mass is 16.3. The lowest BCUT2D eigenvalue weighted by Gasteiger charge is -2.12. The van der Waals surface area contributed by atoms with Gasteiger partial charge in [0.15, 0.2) is 5.58 Å². The summed E-state index contributed by atoms with van der Waals surface area (Å²) in [6, 6.07) is 7.40. The Kier molecular flexibility index (Phi) is 3.43. The van der Waals surface area contributed by atoms with Crippen LogP contribution in [0.1, 0.15) is 12.3 Å². The summed E-state index contributed by atoms with van der Waals surface area (Å²) in [7, 11) is 0. The monoisotopic (exact) mass is 285 g/mol. The molecule has 0 saturated carbocycles. The lowest BCUT2D eigenvalue weighted by molar-refractivity contribution is -0.125. The molecule has 3 rings (SSSR count). The lowest BCUT2D eigenvalue weighted by Crippen LogP contribution is -2.30. The molecular formula is C15H15N3O3. The standard InChI is InChI=1S/C15H15N3O3/c16-15(20)10-7-8-18(9-10)14(19)6-5-13-17-11-3-1-2-4-12(11)21-13/h1-6,10H,7-9H2,(H2,16,20)/b6-5+. The third kappa shape index (κ3) is 2.79. The highest BCUT2D eigenvalue weighted by molar-refractivity contribution is 5.92.